The highest BCUT2D eigenvalue weighted by molar-refractivity contribution is 7.11. The molecule has 0 aliphatic carbocycles. The summed E-state index contributed by atoms with van der Waals surface area (Å²) in [5.41, 5.74) is 0.391. The summed E-state index contributed by atoms with van der Waals surface area (Å²) in [6, 6.07) is 5.35. The molecule has 110 valence electrons. The van der Waals surface area contributed by atoms with Gasteiger partial charge in [0.15, 0.2) is 0 Å². The van der Waals surface area contributed by atoms with Gasteiger partial charge in [-0.15, -0.1) is 0 Å². The number of rotatable bonds is 4. The van der Waals surface area contributed by atoms with E-state index in [1.165, 1.54) is 22.8 Å². The fourth-order valence-electron chi connectivity index (χ4n) is 2.04. The first-order chi connectivity index (χ1) is 9.82. The minimum Gasteiger partial charge on any atom is -0.477 e. The molecule has 0 amide bonds. The summed E-state index contributed by atoms with van der Waals surface area (Å²) in [5, 5.41) is 20.1. The number of carbonyl (C=O) groups is 1. The van der Waals surface area contributed by atoms with Gasteiger partial charge in [-0.25, -0.2) is 4.79 Å². The van der Waals surface area contributed by atoms with Gasteiger partial charge in [-0.1, -0.05) is 23.5 Å². The number of thiazole rings is 1. The molecule has 2 rings (SSSR count). The molecule has 0 aliphatic heterocycles. The molecule has 1 aromatic carbocycles. The Balaban J connectivity index is 2.78. The molecule has 0 radical (unpaired) electrons. The van der Waals surface area contributed by atoms with Crippen LogP contribution in [0.2, 0.25) is 0 Å². The molecule has 0 bridgehead atoms. The van der Waals surface area contributed by atoms with E-state index in [4.69, 9.17) is 0 Å². The summed E-state index contributed by atoms with van der Waals surface area (Å²) < 4.78 is 1.34. The number of non-ortho nitro benzene ring substituents is 1. The third-order valence-electron chi connectivity index (χ3n) is 2.88. The van der Waals surface area contributed by atoms with E-state index in [1.54, 1.807) is 19.9 Å². The maximum absolute atomic E-state index is 12.0. The van der Waals surface area contributed by atoms with Crippen molar-refractivity contribution in [1.29, 1.82) is 0 Å². The topological polar surface area (TPSA) is 102 Å². The van der Waals surface area contributed by atoms with Crippen LogP contribution in [-0.2, 0) is 0 Å². The average Bonchev–Trinajstić information content (AvgIpc) is 2.76. The van der Waals surface area contributed by atoms with Gasteiger partial charge in [0.05, 0.1) is 10.6 Å². The molecule has 0 aliphatic rings. The van der Waals surface area contributed by atoms with Crippen molar-refractivity contribution in [2.24, 2.45) is 0 Å². The van der Waals surface area contributed by atoms with Crippen molar-refractivity contribution < 1.29 is 14.8 Å². The summed E-state index contributed by atoms with van der Waals surface area (Å²) in [7, 11) is 0. The van der Waals surface area contributed by atoms with Crippen molar-refractivity contribution in [1.82, 2.24) is 4.57 Å². The molecule has 0 saturated carbocycles. The SMILES string of the molecule is CC(C)n1c(-c2cccc([N+](=O)[O-])c2)c(C(=O)O)sc1=O. The van der Waals surface area contributed by atoms with Crippen molar-refractivity contribution in [3.63, 3.8) is 0 Å². The Morgan fingerprint density at radius 2 is 2.10 bits per heavy atom. The zero-order valence-corrected chi connectivity index (χ0v) is 12.1. The summed E-state index contributed by atoms with van der Waals surface area (Å²) >= 11 is 0.625. The number of carboxylic acids is 1. The van der Waals surface area contributed by atoms with E-state index in [2.05, 4.69) is 0 Å². The maximum atomic E-state index is 12.0. The predicted molar refractivity (Wildman–Crippen MR) is 78.0 cm³/mol. The summed E-state index contributed by atoms with van der Waals surface area (Å²) in [6.45, 7) is 3.50. The van der Waals surface area contributed by atoms with Crippen molar-refractivity contribution >= 4 is 23.0 Å². The lowest BCUT2D eigenvalue weighted by molar-refractivity contribution is -0.384. The van der Waals surface area contributed by atoms with Crippen molar-refractivity contribution in [3.8, 4) is 11.3 Å². The molecular weight excluding hydrogens is 296 g/mol. The van der Waals surface area contributed by atoms with Crippen LogP contribution in [-0.4, -0.2) is 20.6 Å². The van der Waals surface area contributed by atoms with Crippen molar-refractivity contribution in [2.75, 3.05) is 0 Å². The number of nitrogens with zero attached hydrogens (tertiary/aromatic N) is 2. The first-order valence-electron chi connectivity index (χ1n) is 6.06. The monoisotopic (exact) mass is 308 g/mol. The van der Waals surface area contributed by atoms with Crippen LogP contribution in [0.3, 0.4) is 0 Å². The quantitative estimate of drug-likeness (QED) is 0.691. The number of aromatic nitrogens is 1. The normalized spacial score (nSPS) is 10.8. The average molecular weight is 308 g/mol. The lowest BCUT2D eigenvalue weighted by Gasteiger charge is -2.12. The lowest BCUT2D eigenvalue weighted by Crippen LogP contribution is -2.16. The molecule has 0 unspecified atom stereocenters. The van der Waals surface area contributed by atoms with E-state index < -0.39 is 15.8 Å². The fourth-order valence-corrected chi connectivity index (χ4v) is 3.01. The number of nitro benzene ring substituents is 1. The zero-order chi connectivity index (χ0) is 15.7. The minimum absolute atomic E-state index is 0.116. The van der Waals surface area contributed by atoms with Crippen molar-refractivity contribution in [3.05, 3.63) is 48.9 Å². The van der Waals surface area contributed by atoms with Crippen LogP contribution in [0.1, 0.15) is 29.6 Å². The number of benzene rings is 1. The van der Waals surface area contributed by atoms with E-state index >= 15 is 0 Å². The summed E-state index contributed by atoms with van der Waals surface area (Å²) in [4.78, 5) is 33.1. The second-order valence-corrected chi connectivity index (χ2v) is 5.58. The highest BCUT2D eigenvalue weighted by Crippen LogP contribution is 2.30. The molecule has 0 fully saturated rings. The van der Waals surface area contributed by atoms with Crippen LogP contribution in [0.15, 0.2) is 29.1 Å². The smallest absolute Gasteiger partial charge is 0.348 e. The van der Waals surface area contributed by atoms with Gasteiger partial charge in [-0.2, -0.15) is 0 Å². The Morgan fingerprint density at radius 1 is 1.43 bits per heavy atom. The Kier molecular flexibility index (Phi) is 3.90. The minimum atomic E-state index is -1.22. The number of aromatic carboxylic acids is 1. The lowest BCUT2D eigenvalue weighted by atomic mass is 10.1. The van der Waals surface area contributed by atoms with Crippen LogP contribution in [0, 0.1) is 10.1 Å². The van der Waals surface area contributed by atoms with E-state index in [-0.39, 0.29) is 22.3 Å². The first kappa shape index (κ1) is 14.9. The van der Waals surface area contributed by atoms with E-state index in [1.807, 2.05) is 0 Å². The van der Waals surface area contributed by atoms with Gasteiger partial charge in [-0.05, 0) is 13.8 Å². The highest BCUT2D eigenvalue weighted by atomic mass is 32.1. The van der Waals surface area contributed by atoms with Gasteiger partial charge in [0.1, 0.15) is 4.88 Å². The molecule has 0 spiro atoms. The fraction of sp³-hybridized carbons (Fsp3) is 0.231. The van der Waals surface area contributed by atoms with Gasteiger partial charge in [0, 0.05) is 23.7 Å². The van der Waals surface area contributed by atoms with E-state index in [0.717, 1.165) is 0 Å². The van der Waals surface area contributed by atoms with E-state index in [0.29, 0.717) is 16.9 Å². The van der Waals surface area contributed by atoms with Gasteiger partial charge in [0.25, 0.3) is 5.69 Å². The first-order valence-corrected chi connectivity index (χ1v) is 6.88. The second-order valence-electron chi connectivity index (χ2n) is 4.62. The predicted octanol–water partition coefficient (Wildman–Crippen LogP) is 2.76. The number of carboxylic acid groups (broad SMARTS) is 1. The Hall–Kier alpha value is -2.48. The van der Waals surface area contributed by atoms with Gasteiger partial charge >= 0.3 is 10.8 Å². The molecule has 0 saturated heterocycles. The molecule has 0 atom stereocenters. The van der Waals surface area contributed by atoms with Crippen molar-refractivity contribution in [2.45, 2.75) is 19.9 Å². The zero-order valence-electron chi connectivity index (χ0n) is 11.3. The van der Waals surface area contributed by atoms with Crippen LogP contribution in [0.4, 0.5) is 5.69 Å². The number of nitro groups is 1. The number of hydrogen-bond donors (Lipinski definition) is 1. The Morgan fingerprint density at radius 3 is 2.62 bits per heavy atom. The molecular formula is C13H12N2O5S. The third-order valence-corrected chi connectivity index (χ3v) is 3.83. The molecule has 7 nitrogen and oxygen atoms in total. The summed E-state index contributed by atoms with van der Waals surface area (Å²) in [5.74, 6) is -1.22. The standard InChI is InChI=1S/C13H12N2O5S/c1-7(2)14-10(11(12(16)17)21-13(14)18)8-4-3-5-9(6-8)15(19)20/h3-7H,1-2H3,(H,16,17). The van der Waals surface area contributed by atoms with Crippen LogP contribution < -0.4 is 4.87 Å². The van der Waals surface area contributed by atoms with Gasteiger partial charge < -0.3 is 5.11 Å². The molecule has 8 heteroatoms. The second kappa shape index (κ2) is 5.49. The number of hydrogen-bond acceptors (Lipinski definition) is 5. The molecule has 2 aromatic rings. The summed E-state index contributed by atoms with van der Waals surface area (Å²) in [6.07, 6.45) is 0. The van der Waals surface area contributed by atoms with Gasteiger partial charge in [-0.3, -0.25) is 19.5 Å². The highest BCUT2D eigenvalue weighted by Gasteiger charge is 2.24. The molecule has 21 heavy (non-hydrogen) atoms. The van der Waals surface area contributed by atoms with E-state index in [9.17, 15) is 24.8 Å². The Labute approximate surface area is 123 Å². The van der Waals surface area contributed by atoms with Crippen LogP contribution >= 0.6 is 11.3 Å². The molecule has 1 heterocycles. The largest absolute Gasteiger partial charge is 0.477 e. The Bertz CT molecular complexity index is 775. The molecule has 1 aromatic heterocycles. The van der Waals surface area contributed by atoms with Crippen LogP contribution in [0.25, 0.3) is 11.3 Å². The van der Waals surface area contributed by atoms with Gasteiger partial charge in [0.2, 0.25) is 0 Å². The maximum Gasteiger partial charge on any atom is 0.348 e. The third kappa shape index (κ3) is 2.70. The molecule has 1 N–H and O–H groups in total. The van der Waals surface area contributed by atoms with Crippen LogP contribution in [0.5, 0.6) is 0 Å².